The molecule has 1 aliphatic heterocycles. The fourth-order valence-electron chi connectivity index (χ4n) is 3.24. The van der Waals surface area contributed by atoms with E-state index in [1.54, 1.807) is 13.1 Å². The van der Waals surface area contributed by atoms with Gasteiger partial charge in [-0.15, -0.1) is 0 Å². The normalized spacial score (nSPS) is 15.3. The summed E-state index contributed by atoms with van der Waals surface area (Å²) in [5, 5.41) is 0. The van der Waals surface area contributed by atoms with Crippen LogP contribution < -0.4 is 10.5 Å². The molecular weight excluding hydrogens is 358 g/mol. The van der Waals surface area contributed by atoms with Gasteiger partial charge in [-0.1, -0.05) is 0 Å². The number of carbonyl (C=O) groups is 1. The SMILES string of the molecule is CCOC(=O)CN1CCCN(c2ccc(-c3nc(C)c(C)c(=O)[nH]3)cn2)CC1. The molecule has 0 saturated carbocycles. The minimum Gasteiger partial charge on any atom is -0.465 e. The predicted molar refractivity (Wildman–Crippen MR) is 107 cm³/mol. The number of carbonyl (C=O) groups excluding carboxylic acids is 1. The Labute approximate surface area is 164 Å². The molecule has 1 fully saturated rings. The molecule has 1 saturated heterocycles. The number of nitrogens with one attached hydrogen (secondary N) is 1. The summed E-state index contributed by atoms with van der Waals surface area (Å²) in [6.45, 7) is 9.48. The van der Waals surface area contributed by atoms with Crippen molar-refractivity contribution in [1.29, 1.82) is 0 Å². The van der Waals surface area contributed by atoms with Crippen molar-refractivity contribution in [2.24, 2.45) is 0 Å². The average Bonchev–Trinajstić information content (AvgIpc) is 2.91. The number of aromatic nitrogens is 3. The molecule has 0 atom stereocenters. The van der Waals surface area contributed by atoms with Crippen molar-refractivity contribution in [2.75, 3.05) is 44.2 Å². The molecule has 1 aliphatic rings. The van der Waals surface area contributed by atoms with Gasteiger partial charge in [-0.25, -0.2) is 9.97 Å². The molecule has 150 valence electrons. The van der Waals surface area contributed by atoms with E-state index in [4.69, 9.17) is 4.74 Å². The topological polar surface area (TPSA) is 91.4 Å². The van der Waals surface area contributed by atoms with Gasteiger partial charge >= 0.3 is 5.97 Å². The molecule has 0 bridgehead atoms. The van der Waals surface area contributed by atoms with Crippen molar-refractivity contribution in [3.05, 3.63) is 39.9 Å². The monoisotopic (exact) mass is 385 g/mol. The van der Waals surface area contributed by atoms with Gasteiger partial charge in [0, 0.05) is 49.2 Å². The maximum absolute atomic E-state index is 12.0. The van der Waals surface area contributed by atoms with Crippen molar-refractivity contribution in [3.63, 3.8) is 0 Å². The molecule has 0 aromatic carbocycles. The van der Waals surface area contributed by atoms with Crippen LogP contribution in [0.25, 0.3) is 11.4 Å². The van der Waals surface area contributed by atoms with Crippen LogP contribution >= 0.6 is 0 Å². The molecule has 0 spiro atoms. The van der Waals surface area contributed by atoms with Crippen LogP contribution in [0.1, 0.15) is 24.6 Å². The van der Waals surface area contributed by atoms with Crippen LogP contribution in [0.3, 0.4) is 0 Å². The average molecular weight is 385 g/mol. The first-order valence-corrected chi connectivity index (χ1v) is 9.64. The minimum absolute atomic E-state index is 0.124. The first kappa shape index (κ1) is 20.0. The van der Waals surface area contributed by atoms with Crippen LogP contribution in [0.2, 0.25) is 0 Å². The fourth-order valence-corrected chi connectivity index (χ4v) is 3.24. The van der Waals surface area contributed by atoms with Crippen LogP contribution in [-0.2, 0) is 9.53 Å². The Kier molecular flexibility index (Phi) is 6.41. The smallest absolute Gasteiger partial charge is 0.320 e. The molecule has 2 aromatic heterocycles. The lowest BCUT2D eigenvalue weighted by Gasteiger charge is -2.22. The highest BCUT2D eigenvalue weighted by atomic mass is 16.5. The molecule has 0 aliphatic carbocycles. The van der Waals surface area contributed by atoms with Crippen LogP contribution in [0.15, 0.2) is 23.1 Å². The number of aromatic amines is 1. The number of ether oxygens (including phenoxy) is 1. The summed E-state index contributed by atoms with van der Waals surface area (Å²) >= 11 is 0. The summed E-state index contributed by atoms with van der Waals surface area (Å²) in [5.74, 6) is 1.24. The maximum Gasteiger partial charge on any atom is 0.320 e. The van der Waals surface area contributed by atoms with Crippen molar-refractivity contribution < 1.29 is 9.53 Å². The molecular formula is C20H27N5O3. The lowest BCUT2D eigenvalue weighted by molar-refractivity contribution is -0.144. The second-order valence-electron chi connectivity index (χ2n) is 6.95. The number of esters is 1. The van der Waals surface area contributed by atoms with Crippen LogP contribution in [-0.4, -0.2) is 65.2 Å². The summed E-state index contributed by atoms with van der Waals surface area (Å²) in [4.78, 5) is 39.8. The molecule has 2 aromatic rings. The summed E-state index contributed by atoms with van der Waals surface area (Å²) in [6.07, 6.45) is 2.69. The van der Waals surface area contributed by atoms with E-state index in [9.17, 15) is 9.59 Å². The third-order valence-corrected chi connectivity index (χ3v) is 4.99. The molecule has 8 nitrogen and oxygen atoms in total. The Morgan fingerprint density at radius 3 is 2.71 bits per heavy atom. The quantitative estimate of drug-likeness (QED) is 0.780. The second-order valence-corrected chi connectivity index (χ2v) is 6.95. The van der Waals surface area contributed by atoms with Gasteiger partial charge in [0.05, 0.1) is 13.2 Å². The van der Waals surface area contributed by atoms with Crippen molar-refractivity contribution in [1.82, 2.24) is 19.9 Å². The predicted octanol–water partition coefficient (Wildman–Crippen LogP) is 1.52. The number of pyridine rings is 1. The van der Waals surface area contributed by atoms with E-state index in [2.05, 4.69) is 24.8 Å². The minimum atomic E-state index is -0.173. The van der Waals surface area contributed by atoms with Gasteiger partial charge in [0.1, 0.15) is 11.6 Å². The third-order valence-electron chi connectivity index (χ3n) is 4.99. The highest BCUT2D eigenvalue weighted by molar-refractivity contribution is 5.71. The molecule has 28 heavy (non-hydrogen) atoms. The largest absolute Gasteiger partial charge is 0.465 e. The van der Waals surface area contributed by atoms with E-state index in [1.807, 2.05) is 26.0 Å². The highest BCUT2D eigenvalue weighted by Crippen LogP contribution is 2.19. The van der Waals surface area contributed by atoms with Crippen molar-refractivity contribution in [3.8, 4) is 11.4 Å². The Bertz CT molecular complexity index is 878. The summed E-state index contributed by atoms with van der Waals surface area (Å²) < 4.78 is 5.04. The van der Waals surface area contributed by atoms with Crippen LogP contribution in [0.5, 0.6) is 0 Å². The number of rotatable bonds is 5. The number of hydrogen-bond acceptors (Lipinski definition) is 7. The third kappa shape index (κ3) is 4.75. The summed E-state index contributed by atoms with van der Waals surface area (Å²) in [6, 6.07) is 3.88. The van der Waals surface area contributed by atoms with Gasteiger partial charge in [0.15, 0.2) is 0 Å². The fraction of sp³-hybridized carbons (Fsp3) is 0.500. The Balaban J connectivity index is 1.67. The first-order chi connectivity index (χ1) is 13.5. The summed E-state index contributed by atoms with van der Waals surface area (Å²) in [7, 11) is 0. The molecule has 8 heteroatoms. The molecule has 0 radical (unpaired) electrons. The van der Waals surface area contributed by atoms with Gasteiger partial charge in [0.25, 0.3) is 5.56 Å². The molecule has 3 heterocycles. The van der Waals surface area contributed by atoms with E-state index >= 15 is 0 Å². The number of hydrogen-bond donors (Lipinski definition) is 1. The standard InChI is InChI=1S/C20H27N5O3/c1-4-28-18(26)13-24-8-5-9-25(11-10-24)17-7-6-16(12-21-17)19-22-15(3)14(2)20(27)23-19/h6-7,12H,4-5,8-11,13H2,1-3H3,(H,22,23,27). The van der Waals surface area contributed by atoms with Gasteiger partial charge in [0.2, 0.25) is 0 Å². The Morgan fingerprint density at radius 1 is 1.21 bits per heavy atom. The number of aryl methyl sites for hydroxylation is 1. The van der Waals surface area contributed by atoms with E-state index in [-0.39, 0.29) is 11.5 Å². The highest BCUT2D eigenvalue weighted by Gasteiger charge is 2.18. The van der Waals surface area contributed by atoms with Gasteiger partial charge < -0.3 is 14.6 Å². The lowest BCUT2D eigenvalue weighted by Crippen LogP contribution is -2.35. The number of H-pyrrole nitrogens is 1. The zero-order valence-electron chi connectivity index (χ0n) is 16.7. The Hall–Kier alpha value is -2.74. The molecule has 3 rings (SSSR count). The first-order valence-electron chi connectivity index (χ1n) is 9.64. The Morgan fingerprint density at radius 2 is 2.04 bits per heavy atom. The van der Waals surface area contributed by atoms with Gasteiger partial charge in [-0.05, 0) is 39.3 Å². The zero-order valence-corrected chi connectivity index (χ0v) is 16.7. The van der Waals surface area contributed by atoms with Crippen molar-refractivity contribution in [2.45, 2.75) is 27.2 Å². The maximum atomic E-state index is 12.0. The van der Waals surface area contributed by atoms with Gasteiger partial charge in [-0.2, -0.15) is 0 Å². The van der Waals surface area contributed by atoms with E-state index in [0.717, 1.165) is 49.7 Å². The number of anilines is 1. The van der Waals surface area contributed by atoms with Crippen LogP contribution in [0.4, 0.5) is 5.82 Å². The van der Waals surface area contributed by atoms with Crippen molar-refractivity contribution >= 4 is 11.8 Å². The van der Waals surface area contributed by atoms with Gasteiger partial charge in [-0.3, -0.25) is 14.5 Å². The molecule has 0 amide bonds. The van der Waals surface area contributed by atoms with E-state index in [0.29, 0.717) is 24.5 Å². The number of nitrogens with zero attached hydrogens (tertiary/aromatic N) is 4. The molecule has 0 unspecified atom stereocenters. The summed E-state index contributed by atoms with van der Waals surface area (Å²) in [5.41, 5.74) is 2.01. The lowest BCUT2D eigenvalue weighted by atomic mass is 10.2. The molecule has 1 N–H and O–H groups in total. The zero-order chi connectivity index (χ0) is 20.1. The second kappa shape index (κ2) is 8.97. The van der Waals surface area contributed by atoms with E-state index in [1.165, 1.54) is 0 Å². The van der Waals surface area contributed by atoms with E-state index < -0.39 is 0 Å². The van der Waals surface area contributed by atoms with Crippen LogP contribution in [0, 0.1) is 13.8 Å².